The Bertz CT molecular complexity index is 1550. The lowest BCUT2D eigenvalue weighted by Gasteiger charge is -2.25. The topological polar surface area (TPSA) is 81.0 Å². The molecule has 1 aromatic heterocycles. The predicted octanol–water partition coefficient (Wildman–Crippen LogP) is 5.60. The molecular formula is C30H28N2O5. The largest absolute Gasteiger partial charge is 0.507 e. The number of amides is 1. The second-order valence-corrected chi connectivity index (χ2v) is 9.28. The molecule has 0 spiro atoms. The molecule has 0 aliphatic carbocycles. The first-order valence-electron chi connectivity index (χ1n) is 12.1. The lowest BCUT2D eigenvalue weighted by atomic mass is 9.94. The maximum absolute atomic E-state index is 13.6. The van der Waals surface area contributed by atoms with E-state index in [2.05, 4.69) is 0 Å². The SMILES string of the molecule is COc1cccc(N2C(=O)C(=O)/C(=C(/O)c3cccc(OC(C)C)c3)C2c2cn(C)c3ccccc23)c1. The highest BCUT2D eigenvalue weighted by Gasteiger charge is 2.48. The molecule has 7 nitrogen and oxygen atoms in total. The number of ether oxygens (including phenoxy) is 2. The number of para-hydroxylation sites is 1. The molecule has 37 heavy (non-hydrogen) atoms. The number of hydrogen-bond acceptors (Lipinski definition) is 5. The molecule has 0 saturated carbocycles. The maximum atomic E-state index is 13.6. The van der Waals surface area contributed by atoms with Gasteiger partial charge in [0.05, 0.1) is 24.8 Å². The van der Waals surface area contributed by atoms with E-state index in [0.717, 1.165) is 16.5 Å². The van der Waals surface area contributed by atoms with E-state index in [-0.39, 0.29) is 17.4 Å². The molecule has 0 bridgehead atoms. The Hall–Kier alpha value is -4.52. The minimum atomic E-state index is -0.854. The molecule has 1 saturated heterocycles. The summed E-state index contributed by atoms with van der Waals surface area (Å²) < 4.78 is 13.1. The fraction of sp³-hybridized carbons (Fsp3) is 0.200. The molecule has 1 aliphatic heterocycles. The van der Waals surface area contributed by atoms with Crippen LogP contribution in [0.5, 0.6) is 11.5 Å². The molecule has 1 fully saturated rings. The normalized spacial score (nSPS) is 17.1. The Kier molecular flexibility index (Phi) is 6.21. The smallest absolute Gasteiger partial charge is 0.300 e. The van der Waals surface area contributed by atoms with Gasteiger partial charge in [-0.3, -0.25) is 14.5 Å². The van der Waals surface area contributed by atoms with Crippen molar-refractivity contribution in [3.63, 3.8) is 0 Å². The number of methoxy groups -OCH3 is 1. The Labute approximate surface area is 215 Å². The number of benzene rings is 3. The van der Waals surface area contributed by atoms with E-state index in [1.165, 1.54) is 4.90 Å². The molecule has 1 N–H and O–H groups in total. The molecule has 188 valence electrons. The summed E-state index contributed by atoms with van der Waals surface area (Å²) in [5, 5.41) is 12.4. The number of rotatable bonds is 6. The number of aryl methyl sites for hydroxylation is 1. The van der Waals surface area contributed by atoms with Crippen molar-refractivity contribution in [2.75, 3.05) is 12.0 Å². The van der Waals surface area contributed by atoms with Crippen LogP contribution in [0.4, 0.5) is 5.69 Å². The van der Waals surface area contributed by atoms with Crippen LogP contribution in [0.1, 0.15) is 31.0 Å². The molecule has 1 amide bonds. The predicted molar refractivity (Wildman–Crippen MR) is 143 cm³/mol. The van der Waals surface area contributed by atoms with Crippen molar-refractivity contribution in [2.45, 2.75) is 26.0 Å². The first-order chi connectivity index (χ1) is 17.8. The van der Waals surface area contributed by atoms with Crippen molar-refractivity contribution in [3.8, 4) is 11.5 Å². The molecule has 1 aliphatic rings. The van der Waals surface area contributed by atoms with Crippen molar-refractivity contribution in [3.05, 3.63) is 95.7 Å². The highest BCUT2D eigenvalue weighted by atomic mass is 16.5. The Morgan fingerprint density at radius 1 is 0.946 bits per heavy atom. The summed E-state index contributed by atoms with van der Waals surface area (Å²) in [5.74, 6) is -0.621. The molecule has 7 heteroatoms. The quantitative estimate of drug-likeness (QED) is 0.214. The van der Waals surface area contributed by atoms with Gasteiger partial charge in [0.25, 0.3) is 11.7 Å². The lowest BCUT2D eigenvalue weighted by Crippen LogP contribution is -2.29. The first-order valence-corrected chi connectivity index (χ1v) is 12.1. The van der Waals surface area contributed by atoms with E-state index < -0.39 is 17.7 Å². The maximum Gasteiger partial charge on any atom is 0.300 e. The molecule has 0 radical (unpaired) electrons. The number of aromatic nitrogens is 1. The van der Waals surface area contributed by atoms with Gasteiger partial charge < -0.3 is 19.1 Å². The van der Waals surface area contributed by atoms with Crippen LogP contribution in [-0.4, -0.2) is 34.6 Å². The van der Waals surface area contributed by atoms with Crippen LogP contribution in [0.15, 0.2) is 84.6 Å². The van der Waals surface area contributed by atoms with Gasteiger partial charge >= 0.3 is 0 Å². The summed E-state index contributed by atoms with van der Waals surface area (Å²) in [4.78, 5) is 28.6. The van der Waals surface area contributed by atoms with Gasteiger partial charge in [-0.05, 0) is 44.2 Å². The molecular weight excluding hydrogens is 468 g/mol. The van der Waals surface area contributed by atoms with Crippen molar-refractivity contribution in [2.24, 2.45) is 7.05 Å². The number of ketones is 1. The molecule has 5 rings (SSSR count). The number of aliphatic hydroxyl groups excluding tert-OH is 1. The van der Waals surface area contributed by atoms with E-state index >= 15 is 0 Å². The molecule has 3 aromatic carbocycles. The highest BCUT2D eigenvalue weighted by molar-refractivity contribution is 6.52. The van der Waals surface area contributed by atoms with Gasteiger partial charge in [-0.1, -0.05) is 36.4 Å². The van der Waals surface area contributed by atoms with Crippen molar-refractivity contribution < 1.29 is 24.2 Å². The second-order valence-electron chi connectivity index (χ2n) is 9.28. The first kappa shape index (κ1) is 24.2. The Balaban J connectivity index is 1.76. The zero-order chi connectivity index (χ0) is 26.3. The molecule has 2 heterocycles. The van der Waals surface area contributed by atoms with Crippen molar-refractivity contribution >= 4 is 34.0 Å². The number of Topliss-reactive ketones (excluding diaryl/α,β-unsaturated/α-hetero) is 1. The summed E-state index contributed by atoms with van der Waals surface area (Å²) in [6.45, 7) is 3.82. The number of fused-ring (bicyclic) bond motifs is 1. The van der Waals surface area contributed by atoms with Gasteiger partial charge in [0.1, 0.15) is 17.3 Å². The van der Waals surface area contributed by atoms with E-state index in [0.29, 0.717) is 22.7 Å². The average Bonchev–Trinajstić information content (AvgIpc) is 3.36. The van der Waals surface area contributed by atoms with Crippen LogP contribution < -0.4 is 14.4 Å². The number of carbonyl (C=O) groups excluding carboxylic acids is 2. The third-order valence-corrected chi connectivity index (χ3v) is 6.48. The van der Waals surface area contributed by atoms with Gasteiger partial charge in [0, 0.05) is 47.0 Å². The van der Waals surface area contributed by atoms with Gasteiger partial charge in [-0.25, -0.2) is 0 Å². The molecule has 1 atom stereocenters. The van der Waals surface area contributed by atoms with Gasteiger partial charge in [0.2, 0.25) is 0 Å². The van der Waals surface area contributed by atoms with Crippen LogP contribution in [0.25, 0.3) is 16.7 Å². The summed E-state index contributed by atoms with van der Waals surface area (Å²) in [6.07, 6.45) is 1.84. The third-order valence-electron chi connectivity index (χ3n) is 6.48. The van der Waals surface area contributed by atoms with E-state index in [9.17, 15) is 14.7 Å². The van der Waals surface area contributed by atoms with Crippen molar-refractivity contribution in [1.29, 1.82) is 0 Å². The van der Waals surface area contributed by atoms with Crippen LogP contribution in [0.3, 0.4) is 0 Å². The number of carbonyl (C=O) groups is 2. The third kappa shape index (κ3) is 4.22. The van der Waals surface area contributed by atoms with Crippen LogP contribution in [0, 0.1) is 0 Å². The monoisotopic (exact) mass is 496 g/mol. The standard InChI is InChI=1S/C30H28N2O5/c1-18(2)37-22-12-7-9-19(15-22)28(33)26-27(24-17-31(3)25-14-6-5-13-23(24)25)32(30(35)29(26)34)20-10-8-11-21(16-20)36-4/h5-18,27,33H,1-4H3/b28-26+. The Morgan fingerprint density at radius 3 is 2.43 bits per heavy atom. The van der Waals surface area contributed by atoms with Crippen molar-refractivity contribution in [1.82, 2.24) is 4.57 Å². The van der Waals surface area contributed by atoms with Crippen LogP contribution in [0.2, 0.25) is 0 Å². The van der Waals surface area contributed by atoms with Gasteiger partial charge in [0.15, 0.2) is 0 Å². The number of nitrogens with zero attached hydrogens (tertiary/aromatic N) is 2. The summed E-state index contributed by atoms with van der Waals surface area (Å²) >= 11 is 0. The summed E-state index contributed by atoms with van der Waals surface area (Å²) in [7, 11) is 3.46. The molecule has 4 aromatic rings. The highest BCUT2D eigenvalue weighted by Crippen LogP contribution is 2.45. The second kappa shape index (κ2) is 9.50. The Morgan fingerprint density at radius 2 is 1.68 bits per heavy atom. The average molecular weight is 497 g/mol. The van der Waals surface area contributed by atoms with E-state index in [1.54, 1.807) is 55.6 Å². The zero-order valence-electron chi connectivity index (χ0n) is 21.1. The number of aliphatic hydroxyl groups is 1. The summed E-state index contributed by atoms with van der Waals surface area (Å²) in [5.41, 5.74) is 2.59. The minimum absolute atomic E-state index is 0.0193. The van der Waals surface area contributed by atoms with Gasteiger partial charge in [-0.15, -0.1) is 0 Å². The van der Waals surface area contributed by atoms with Crippen LogP contribution in [-0.2, 0) is 16.6 Å². The number of anilines is 1. The summed E-state index contributed by atoms with van der Waals surface area (Å²) in [6, 6.07) is 20.8. The molecule has 1 unspecified atom stereocenters. The zero-order valence-corrected chi connectivity index (χ0v) is 21.1. The fourth-order valence-electron chi connectivity index (χ4n) is 4.89. The minimum Gasteiger partial charge on any atom is -0.507 e. The van der Waals surface area contributed by atoms with Gasteiger partial charge in [-0.2, -0.15) is 0 Å². The lowest BCUT2D eigenvalue weighted by molar-refractivity contribution is -0.132. The number of hydrogen-bond donors (Lipinski definition) is 1. The fourth-order valence-corrected chi connectivity index (χ4v) is 4.89. The van der Waals surface area contributed by atoms with Crippen LogP contribution >= 0.6 is 0 Å². The van der Waals surface area contributed by atoms with E-state index in [4.69, 9.17) is 9.47 Å². The van der Waals surface area contributed by atoms with E-state index in [1.807, 2.05) is 55.9 Å².